The third kappa shape index (κ3) is 5.03. The van der Waals surface area contributed by atoms with E-state index in [1.807, 2.05) is 30.3 Å². The first-order valence-electron chi connectivity index (χ1n) is 20.1. The Hall–Kier alpha value is -7.82. The zero-order chi connectivity index (χ0) is 38.9. The average molecular weight is 757 g/mol. The van der Waals surface area contributed by atoms with E-state index in [0.717, 1.165) is 57.1 Å². The first-order chi connectivity index (χ1) is 29.3. The SMILES string of the molecule is c1ccc(-c2ccc(N(c3ccc4c(c3)N3c5ccccc5Oc5cccc(c53)O4)c3ccc4c(c3)C(c3ccccc3)(c3ccccc3)c3ccccc3-4)cc2)cc1. The minimum absolute atomic E-state index is 0.533. The summed E-state index contributed by atoms with van der Waals surface area (Å²) in [4.78, 5) is 4.67. The van der Waals surface area contributed by atoms with E-state index in [4.69, 9.17) is 9.47 Å². The summed E-state index contributed by atoms with van der Waals surface area (Å²) in [6, 6.07) is 78.1. The summed E-state index contributed by atoms with van der Waals surface area (Å²) >= 11 is 0. The number of nitrogens with zero attached hydrogens (tertiary/aromatic N) is 2. The van der Waals surface area contributed by atoms with Gasteiger partial charge in [-0.25, -0.2) is 0 Å². The Balaban J connectivity index is 1.09. The van der Waals surface area contributed by atoms with Gasteiger partial charge in [0, 0.05) is 17.1 Å². The van der Waals surface area contributed by atoms with Crippen LogP contribution in [0.4, 0.5) is 34.1 Å². The molecule has 278 valence electrons. The van der Waals surface area contributed by atoms with E-state index in [9.17, 15) is 0 Å². The molecule has 0 atom stereocenters. The van der Waals surface area contributed by atoms with Crippen molar-refractivity contribution in [1.82, 2.24) is 0 Å². The largest absolute Gasteiger partial charge is 0.453 e. The van der Waals surface area contributed by atoms with Crippen molar-refractivity contribution < 1.29 is 9.47 Å². The van der Waals surface area contributed by atoms with Gasteiger partial charge in [-0.3, -0.25) is 4.90 Å². The second-order valence-corrected chi connectivity index (χ2v) is 15.3. The van der Waals surface area contributed by atoms with Crippen LogP contribution >= 0.6 is 0 Å². The molecular formula is C55H36N2O2. The molecule has 1 aliphatic carbocycles. The van der Waals surface area contributed by atoms with Gasteiger partial charge in [-0.15, -0.1) is 0 Å². The molecule has 0 spiro atoms. The van der Waals surface area contributed by atoms with Crippen LogP contribution < -0.4 is 19.3 Å². The van der Waals surface area contributed by atoms with Crippen molar-refractivity contribution in [2.45, 2.75) is 5.41 Å². The number of benzene rings is 9. The van der Waals surface area contributed by atoms with Crippen molar-refractivity contribution in [1.29, 1.82) is 0 Å². The summed E-state index contributed by atoms with van der Waals surface area (Å²) in [5.74, 6) is 3.12. The Kier molecular flexibility index (Phi) is 7.41. The van der Waals surface area contributed by atoms with E-state index < -0.39 is 5.41 Å². The summed E-state index contributed by atoms with van der Waals surface area (Å²) in [5.41, 5.74) is 15.2. The van der Waals surface area contributed by atoms with E-state index in [-0.39, 0.29) is 0 Å². The Bertz CT molecular complexity index is 3000. The van der Waals surface area contributed by atoms with Gasteiger partial charge in [0.1, 0.15) is 5.69 Å². The molecule has 0 amide bonds. The van der Waals surface area contributed by atoms with Crippen LogP contribution in [-0.2, 0) is 5.41 Å². The van der Waals surface area contributed by atoms with Gasteiger partial charge in [0.05, 0.1) is 16.8 Å². The standard InChI is InChI=1S/C55H36N2O2/c1-4-15-37(16-5-1)38-27-29-41(30-28-38)56(43-32-34-51-49(36-43)57-48-23-12-13-24-50(48)58-52-25-14-26-53(59-51)54(52)57)42-31-33-45-44-21-10-11-22-46(44)55(47(45)35-42,39-17-6-2-7-18-39)40-19-8-3-9-20-40/h1-36H. The molecule has 0 saturated heterocycles. The second-order valence-electron chi connectivity index (χ2n) is 15.3. The number of para-hydroxylation sites is 3. The topological polar surface area (TPSA) is 24.9 Å². The molecule has 4 nitrogen and oxygen atoms in total. The highest BCUT2D eigenvalue weighted by Gasteiger charge is 2.46. The maximum atomic E-state index is 6.63. The average Bonchev–Trinajstić information content (AvgIpc) is 3.60. The van der Waals surface area contributed by atoms with Crippen LogP contribution in [-0.4, -0.2) is 0 Å². The lowest BCUT2D eigenvalue weighted by atomic mass is 9.67. The van der Waals surface area contributed by atoms with Crippen molar-refractivity contribution in [3.63, 3.8) is 0 Å². The molecule has 0 bridgehead atoms. The lowest BCUT2D eigenvalue weighted by molar-refractivity contribution is 0.446. The molecule has 0 N–H and O–H groups in total. The van der Waals surface area contributed by atoms with Crippen molar-refractivity contribution in [3.05, 3.63) is 241 Å². The van der Waals surface area contributed by atoms with Crippen molar-refractivity contribution in [3.8, 4) is 45.3 Å². The van der Waals surface area contributed by atoms with E-state index in [0.29, 0.717) is 0 Å². The predicted molar refractivity (Wildman–Crippen MR) is 239 cm³/mol. The van der Waals surface area contributed by atoms with Crippen LogP contribution in [0, 0.1) is 0 Å². The number of fused-ring (bicyclic) bond motifs is 7. The van der Waals surface area contributed by atoms with Gasteiger partial charge in [0.15, 0.2) is 23.0 Å². The van der Waals surface area contributed by atoms with Crippen LogP contribution in [0.5, 0.6) is 23.0 Å². The molecule has 2 aliphatic heterocycles. The molecule has 0 unspecified atom stereocenters. The van der Waals surface area contributed by atoms with Gasteiger partial charge in [0.2, 0.25) is 0 Å². The highest BCUT2D eigenvalue weighted by atomic mass is 16.5. The first-order valence-corrected chi connectivity index (χ1v) is 20.1. The van der Waals surface area contributed by atoms with Crippen molar-refractivity contribution in [2.75, 3.05) is 9.80 Å². The summed E-state index contributed by atoms with van der Waals surface area (Å²) in [7, 11) is 0. The fourth-order valence-corrected chi connectivity index (χ4v) is 9.58. The van der Waals surface area contributed by atoms with Crippen LogP contribution in [0.1, 0.15) is 22.3 Å². The molecule has 0 fully saturated rings. The molecule has 59 heavy (non-hydrogen) atoms. The minimum atomic E-state index is -0.533. The fourth-order valence-electron chi connectivity index (χ4n) is 9.58. The molecule has 0 saturated carbocycles. The predicted octanol–water partition coefficient (Wildman–Crippen LogP) is 14.9. The van der Waals surface area contributed by atoms with Crippen molar-refractivity contribution in [2.24, 2.45) is 0 Å². The normalized spacial score (nSPS) is 13.5. The van der Waals surface area contributed by atoms with Gasteiger partial charge >= 0.3 is 0 Å². The maximum absolute atomic E-state index is 6.63. The Morgan fingerprint density at radius 1 is 0.356 bits per heavy atom. The molecular weight excluding hydrogens is 721 g/mol. The smallest absolute Gasteiger partial charge is 0.155 e. The van der Waals surface area contributed by atoms with Crippen molar-refractivity contribution >= 4 is 34.1 Å². The number of ether oxygens (including phenoxy) is 2. The van der Waals surface area contributed by atoms with Gasteiger partial charge in [-0.2, -0.15) is 0 Å². The lowest BCUT2D eigenvalue weighted by Gasteiger charge is -2.38. The highest BCUT2D eigenvalue weighted by molar-refractivity contribution is 5.96. The number of anilines is 6. The van der Waals surface area contributed by atoms with Gasteiger partial charge in [-0.05, 0) is 111 Å². The van der Waals surface area contributed by atoms with Gasteiger partial charge < -0.3 is 14.4 Å². The van der Waals surface area contributed by atoms with Crippen LogP contribution in [0.15, 0.2) is 218 Å². The van der Waals surface area contributed by atoms with E-state index in [1.165, 1.54) is 44.5 Å². The molecule has 12 rings (SSSR count). The summed E-state index contributed by atoms with van der Waals surface area (Å²) in [5, 5.41) is 0. The Morgan fingerprint density at radius 2 is 0.881 bits per heavy atom. The maximum Gasteiger partial charge on any atom is 0.155 e. The Labute approximate surface area is 343 Å². The monoisotopic (exact) mass is 756 g/mol. The second kappa shape index (κ2) is 13.1. The van der Waals surface area contributed by atoms with E-state index in [1.54, 1.807) is 0 Å². The highest BCUT2D eigenvalue weighted by Crippen LogP contribution is 2.61. The zero-order valence-electron chi connectivity index (χ0n) is 32.0. The van der Waals surface area contributed by atoms with Crippen LogP contribution in [0.25, 0.3) is 22.3 Å². The van der Waals surface area contributed by atoms with Gasteiger partial charge in [-0.1, -0.05) is 152 Å². The zero-order valence-corrected chi connectivity index (χ0v) is 32.0. The van der Waals surface area contributed by atoms with Gasteiger partial charge in [0.25, 0.3) is 0 Å². The van der Waals surface area contributed by atoms with Crippen LogP contribution in [0.2, 0.25) is 0 Å². The number of rotatable bonds is 6. The summed E-state index contributed by atoms with van der Waals surface area (Å²) in [6.45, 7) is 0. The summed E-state index contributed by atoms with van der Waals surface area (Å²) < 4.78 is 13.1. The summed E-state index contributed by atoms with van der Waals surface area (Å²) in [6.07, 6.45) is 0. The number of hydrogen-bond donors (Lipinski definition) is 0. The molecule has 0 aromatic heterocycles. The van der Waals surface area contributed by atoms with E-state index >= 15 is 0 Å². The molecule has 0 radical (unpaired) electrons. The molecule has 9 aromatic carbocycles. The molecule has 2 heterocycles. The Morgan fingerprint density at radius 3 is 1.61 bits per heavy atom. The minimum Gasteiger partial charge on any atom is -0.453 e. The first kappa shape index (κ1) is 33.3. The lowest BCUT2D eigenvalue weighted by Crippen LogP contribution is -2.28. The quantitative estimate of drug-likeness (QED) is 0.169. The third-order valence-corrected chi connectivity index (χ3v) is 12.1. The third-order valence-electron chi connectivity index (χ3n) is 12.1. The molecule has 4 heteroatoms. The molecule has 3 aliphatic rings. The fraction of sp³-hybridized carbons (Fsp3) is 0.0182. The van der Waals surface area contributed by atoms with E-state index in [2.05, 4.69) is 198 Å². The van der Waals surface area contributed by atoms with Crippen LogP contribution in [0.3, 0.4) is 0 Å². The number of hydrogen-bond acceptors (Lipinski definition) is 4. The molecule has 9 aromatic rings.